The molecule has 0 aromatic carbocycles. The summed E-state index contributed by atoms with van der Waals surface area (Å²) in [5.41, 5.74) is -0.560. The normalized spacial score (nSPS) is 17.8. The molecule has 6 heteroatoms. The van der Waals surface area contributed by atoms with Gasteiger partial charge < -0.3 is 20.6 Å². The quantitative estimate of drug-likeness (QED) is 0.674. The maximum absolute atomic E-state index is 12.1. The number of likely N-dealkylation sites (N-methyl/N-ethyl adjacent to an activating group) is 2. The lowest BCUT2D eigenvalue weighted by Gasteiger charge is -2.38. The first-order valence-electron chi connectivity index (χ1n) is 6.89. The molecule has 2 amide bonds. The van der Waals surface area contributed by atoms with Crippen LogP contribution in [0.25, 0.3) is 0 Å². The van der Waals surface area contributed by atoms with Crippen LogP contribution in [0.2, 0.25) is 0 Å². The van der Waals surface area contributed by atoms with Crippen molar-refractivity contribution in [3.63, 3.8) is 0 Å². The van der Waals surface area contributed by atoms with Crippen LogP contribution in [0.5, 0.6) is 0 Å². The van der Waals surface area contributed by atoms with Gasteiger partial charge in [-0.05, 0) is 19.9 Å². The molecule has 1 aliphatic rings. The first kappa shape index (κ1) is 15.8. The number of aliphatic carboxylic acids is 1. The van der Waals surface area contributed by atoms with E-state index in [-0.39, 0.29) is 12.5 Å². The number of nitrogens with one attached hydrogen (secondary N) is 2. The van der Waals surface area contributed by atoms with E-state index in [2.05, 4.69) is 10.6 Å². The number of amides is 2. The lowest BCUT2D eigenvalue weighted by atomic mass is 9.79. The number of rotatable bonds is 6. The zero-order chi connectivity index (χ0) is 14.3. The highest BCUT2D eigenvalue weighted by Gasteiger charge is 2.36. The summed E-state index contributed by atoms with van der Waals surface area (Å²) in [4.78, 5) is 24.7. The maximum atomic E-state index is 12.1. The predicted molar refractivity (Wildman–Crippen MR) is 73.2 cm³/mol. The first-order chi connectivity index (χ1) is 8.99. The van der Waals surface area contributed by atoms with Gasteiger partial charge in [-0.15, -0.1) is 0 Å². The van der Waals surface area contributed by atoms with Crippen molar-refractivity contribution in [3.05, 3.63) is 0 Å². The van der Waals surface area contributed by atoms with E-state index in [1.165, 1.54) is 0 Å². The molecule has 0 atom stereocenters. The number of nitrogens with zero attached hydrogens (tertiary/aromatic N) is 1. The minimum Gasteiger partial charge on any atom is -0.481 e. The van der Waals surface area contributed by atoms with Crippen molar-refractivity contribution < 1.29 is 14.7 Å². The van der Waals surface area contributed by atoms with Crippen molar-refractivity contribution in [1.29, 1.82) is 0 Å². The number of carbonyl (C=O) groups is 2. The van der Waals surface area contributed by atoms with Crippen LogP contribution in [-0.2, 0) is 4.79 Å². The number of hydrogen-bond acceptors (Lipinski definition) is 3. The highest BCUT2D eigenvalue weighted by molar-refractivity contribution is 5.76. The molecule has 0 unspecified atom stereocenters. The molecule has 1 saturated carbocycles. The Bertz CT molecular complexity index is 314. The Morgan fingerprint density at radius 2 is 1.89 bits per heavy atom. The fraction of sp³-hybridized carbons (Fsp3) is 0.846. The summed E-state index contributed by atoms with van der Waals surface area (Å²) in [6.45, 7) is 1.32. The van der Waals surface area contributed by atoms with Crippen LogP contribution in [0.4, 0.5) is 4.79 Å². The van der Waals surface area contributed by atoms with Crippen LogP contribution in [-0.4, -0.2) is 54.7 Å². The minimum atomic E-state index is -0.847. The third-order valence-corrected chi connectivity index (χ3v) is 3.72. The smallest absolute Gasteiger partial charge is 0.317 e. The molecule has 3 N–H and O–H groups in total. The molecule has 1 aliphatic carbocycles. The van der Waals surface area contributed by atoms with Crippen LogP contribution < -0.4 is 10.6 Å². The van der Waals surface area contributed by atoms with E-state index < -0.39 is 11.5 Å². The van der Waals surface area contributed by atoms with Gasteiger partial charge in [0, 0.05) is 20.1 Å². The van der Waals surface area contributed by atoms with Gasteiger partial charge in [0.15, 0.2) is 0 Å². The number of urea groups is 1. The van der Waals surface area contributed by atoms with Gasteiger partial charge in [-0.1, -0.05) is 19.3 Å². The van der Waals surface area contributed by atoms with Crippen molar-refractivity contribution in [3.8, 4) is 0 Å². The second-order valence-electron chi connectivity index (χ2n) is 5.37. The highest BCUT2D eigenvalue weighted by atomic mass is 16.4. The first-order valence-corrected chi connectivity index (χ1v) is 6.89. The SMILES string of the molecule is CNCCN(C)C(=O)NC1(CC(=O)O)CCCCC1. The van der Waals surface area contributed by atoms with E-state index in [1.54, 1.807) is 11.9 Å². The summed E-state index contributed by atoms with van der Waals surface area (Å²) in [5, 5.41) is 15.0. The highest BCUT2D eigenvalue weighted by Crippen LogP contribution is 2.31. The van der Waals surface area contributed by atoms with Crippen molar-refractivity contribution in [2.75, 3.05) is 27.2 Å². The number of carbonyl (C=O) groups excluding carboxylic acids is 1. The molecule has 19 heavy (non-hydrogen) atoms. The Balaban J connectivity index is 2.61. The monoisotopic (exact) mass is 271 g/mol. The third-order valence-electron chi connectivity index (χ3n) is 3.72. The molecule has 0 saturated heterocycles. The third kappa shape index (κ3) is 5.06. The number of hydrogen-bond donors (Lipinski definition) is 3. The van der Waals surface area contributed by atoms with E-state index >= 15 is 0 Å². The standard InChI is InChI=1S/C13H25N3O3/c1-14-8-9-16(2)12(19)15-13(10-11(17)18)6-4-3-5-7-13/h14H,3-10H2,1-2H3,(H,15,19)(H,17,18). The Hall–Kier alpha value is -1.30. The molecule has 0 aromatic rings. The summed E-state index contributed by atoms with van der Waals surface area (Å²) >= 11 is 0. The van der Waals surface area contributed by atoms with Gasteiger partial charge >= 0.3 is 12.0 Å². The number of carboxylic acids is 1. The Morgan fingerprint density at radius 3 is 2.42 bits per heavy atom. The molecular formula is C13H25N3O3. The lowest BCUT2D eigenvalue weighted by Crippen LogP contribution is -2.55. The summed E-state index contributed by atoms with van der Waals surface area (Å²) in [7, 11) is 3.56. The summed E-state index contributed by atoms with van der Waals surface area (Å²) in [6.07, 6.45) is 4.60. The molecule has 110 valence electrons. The fourth-order valence-electron chi connectivity index (χ4n) is 2.57. The summed E-state index contributed by atoms with van der Waals surface area (Å²) in [5.74, 6) is -0.847. The van der Waals surface area contributed by atoms with E-state index in [0.29, 0.717) is 6.54 Å². The van der Waals surface area contributed by atoms with Crippen LogP contribution in [0.3, 0.4) is 0 Å². The zero-order valence-electron chi connectivity index (χ0n) is 11.9. The molecular weight excluding hydrogens is 246 g/mol. The second-order valence-corrected chi connectivity index (χ2v) is 5.37. The molecule has 0 aromatic heterocycles. The molecule has 0 radical (unpaired) electrons. The minimum absolute atomic E-state index is 0.0125. The average molecular weight is 271 g/mol. The average Bonchev–Trinajstić information content (AvgIpc) is 2.35. The van der Waals surface area contributed by atoms with Gasteiger partial charge in [0.25, 0.3) is 0 Å². The molecule has 6 nitrogen and oxygen atoms in total. The molecule has 0 bridgehead atoms. The molecule has 0 heterocycles. The van der Waals surface area contributed by atoms with Gasteiger partial charge in [-0.25, -0.2) is 4.79 Å². The van der Waals surface area contributed by atoms with Crippen LogP contribution >= 0.6 is 0 Å². The Labute approximate surface area is 114 Å². The van der Waals surface area contributed by atoms with Gasteiger partial charge in [0.1, 0.15) is 0 Å². The second kappa shape index (κ2) is 7.33. The van der Waals surface area contributed by atoms with Gasteiger partial charge in [0.05, 0.1) is 12.0 Å². The summed E-state index contributed by atoms with van der Waals surface area (Å²) in [6, 6.07) is -0.182. The van der Waals surface area contributed by atoms with Gasteiger partial charge in [0.2, 0.25) is 0 Å². The molecule has 0 aliphatic heterocycles. The van der Waals surface area contributed by atoms with Crippen LogP contribution in [0.15, 0.2) is 0 Å². The van der Waals surface area contributed by atoms with Crippen LogP contribution in [0, 0.1) is 0 Å². The Kier molecular flexibility index (Phi) is 6.08. The van der Waals surface area contributed by atoms with E-state index in [0.717, 1.165) is 38.6 Å². The molecule has 0 spiro atoms. The van der Waals surface area contributed by atoms with E-state index in [4.69, 9.17) is 5.11 Å². The Morgan fingerprint density at radius 1 is 1.26 bits per heavy atom. The van der Waals surface area contributed by atoms with Crippen molar-refractivity contribution in [1.82, 2.24) is 15.5 Å². The zero-order valence-corrected chi connectivity index (χ0v) is 11.9. The largest absolute Gasteiger partial charge is 0.481 e. The van der Waals surface area contributed by atoms with Crippen molar-refractivity contribution in [2.45, 2.75) is 44.1 Å². The van der Waals surface area contributed by atoms with E-state index in [9.17, 15) is 9.59 Å². The fourth-order valence-corrected chi connectivity index (χ4v) is 2.57. The van der Waals surface area contributed by atoms with Crippen molar-refractivity contribution >= 4 is 12.0 Å². The summed E-state index contributed by atoms with van der Waals surface area (Å²) < 4.78 is 0. The van der Waals surface area contributed by atoms with Gasteiger partial charge in [-0.2, -0.15) is 0 Å². The molecule has 1 rings (SSSR count). The van der Waals surface area contributed by atoms with E-state index in [1.807, 2.05) is 7.05 Å². The lowest BCUT2D eigenvalue weighted by molar-refractivity contribution is -0.139. The van der Waals surface area contributed by atoms with Crippen LogP contribution in [0.1, 0.15) is 38.5 Å². The predicted octanol–water partition coefficient (Wildman–Crippen LogP) is 1.02. The molecule has 1 fully saturated rings. The maximum Gasteiger partial charge on any atom is 0.317 e. The van der Waals surface area contributed by atoms with Crippen molar-refractivity contribution in [2.24, 2.45) is 0 Å². The topological polar surface area (TPSA) is 81.7 Å². The number of carboxylic acid groups (broad SMARTS) is 1. The van der Waals surface area contributed by atoms with Gasteiger partial charge in [-0.3, -0.25) is 4.79 Å².